The summed E-state index contributed by atoms with van der Waals surface area (Å²) < 4.78 is 33.9. The Kier molecular flexibility index (Phi) is 11.6. The van der Waals surface area contributed by atoms with Gasteiger partial charge in [-0.05, 0) is 62.1 Å². The lowest BCUT2D eigenvalue weighted by molar-refractivity contribution is -0.114. The van der Waals surface area contributed by atoms with Gasteiger partial charge in [-0.1, -0.05) is 37.2 Å². The predicted octanol–water partition coefficient (Wildman–Crippen LogP) is 4.14. The molecule has 9 heteroatoms. The third kappa shape index (κ3) is 8.77. The Morgan fingerprint density at radius 2 is 2.20 bits per heavy atom. The quantitative estimate of drug-likeness (QED) is 0.200. The zero-order valence-corrected chi connectivity index (χ0v) is 20.3. The van der Waals surface area contributed by atoms with Gasteiger partial charge in [0, 0.05) is 11.9 Å². The van der Waals surface area contributed by atoms with Gasteiger partial charge < -0.3 is 10.1 Å². The van der Waals surface area contributed by atoms with E-state index < -0.39 is 18.9 Å². The third-order valence-corrected chi connectivity index (χ3v) is 7.06. The Labute approximate surface area is 181 Å². The van der Waals surface area contributed by atoms with Gasteiger partial charge >= 0.3 is 0 Å². The maximum atomic E-state index is 14.5. The molecule has 30 heavy (non-hydrogen) atoms. The van der Waals surface area contributed by atoms with E-state index in [1.54, 1.807) is 12.9 Å². The van der Waals surface area contributed by atoms with E-state index in [1.165, 1.54) is 31.4 Å². The average Bonchev–Trinajstić information content (AvgIpc) is 2.69. The van der Waals surface area contributed by atoms with Crippen molar-refractivity contribution in [2.75, 3.05) is 26.5 Å². The number of rotatable bonds is 12. The average molecular weight is 459 g/mol. The standard InChI is InChI=1S/C21H33F2N3O2P2/c1-6-15(3)17(21(4,23)29)12-25-18(7-2)20(27)26-16-8-9-19(22)30(13-16)11-10-28-14-24-5/h7-9,12-13,15,24,30H,2,6,10-11,14,29H2,1,3-5H3,(H,26,27)/b17-12+,25-18+. The van der Waals surface area contributed by atoms with Gasteiger partial charge in [-0.2, -0.15) is 0 Å². The normalized spacial score (nSPS) is 20.4. The van der Waals surface area contributed by atoms with Gasteiger partial charge in [0.1, 0.15) is 16.7 Å². The molecule has 0 aromatic rings. The van der Waals surface area contributed by atoms with Crippen molar-refractivity contribution in [3.8, 4) is 0 Å². The first-order chi connectivity index (χ1) is 14.1. The van der Waals surface area contributed by atoms with E-state index in [0.717, 1.165) is 6.42 Å². The van der Waals surface area contributed by atoms with Crippen LogP contribution < -0.4 is 10.6 Å². The number of hydrogen-bond donors (Lipinski definition) is 2. The van der Waals surface area contributed by atoms with E-state index in [4.69, 9.17) is 4.74 Å². The van der Waals surface area contributed by atoms with Crippen LogP contribution in [0.2, 0.25) is 0 Å². The van der Waals surface area contributed by atoms with E-state index in [0.29, 0.717) is 30.8 Å². The van der Waals surface area contributed by atoms with Gasteiger partial charge in [0.15, 0.2) is 0 Å². The fourth-order valence-corrected chi connectivity index (χ4v) is 4.78. The maximum absolute atomic E-state index is 14.5. The van der Waals surface area contributed by atoms with Crippen molar-refractivity contribution in [3.63, 3.8) is 0 Å². The molecule has 0 aliphatic carbocycles. The molecule has 0 aromatic carbocycles. The molecule has 4 atom stereocenters. The number of hydrogen-bond acceptors (Lipinski definition) is 4. The summed E-state index contributed by atoms with van der Waals surface area (Å²) in [4.78, 5) is 16.8. The minimum atomic E-state index is -1.63. The number of nitrogens with zero attached hydrogens (tertiary/aromatic N) is 1. The van der Waals surface area contributed by atoms with E-state index >= 15 is 0 Å². The Hall–Kier alpha value is -1.39. The fourth-order valence-electron chi connectivity index (χ4n) is 2.69. The molecule has 1 amide bonds. The van der Waals surface area contributed by atoms with Crippen LogP contribution in [0.5, 0.6) is 0 Å². The zero-order chi connectivity index (χ0) is 22.7. The molecule has 1 aliphatic rings. The van der Waals surface area contributed by atoms with Gasteiger partial charge in [0.2, 0.25) is 0 Å². The van der Waals surface area contributed by atoms with Crippen LogP contribution in [0.4, 0.5) is 8.78 Å². The highest BCUT2D eigenvalue weighted by Crippen LogP contribution is 2.35. The van der Waals surface area contributed by atoms with Gasteiger partial charge in [0.25, 0.3) is 5.91 Å². The number of nitrogens with one attached hydrogen (secondary N) is 2. The topological polar surface area (TPSA) is 62.7 Å². The molecule has 4 unspecified atom stereocenters. The summed E-state index contributed by atoms with van der Waals surface area (Å²) in [5.41, 5.74) is 0.849. The molecule has 1 aliphatic heterocycles. The Balaban J connectivity index is 2.95. The second-order valence-electron chi connectivity index (χ2n) is 7.10. The van der Waals surface area contributed by atoms with Crippen molar-refractivity contribution < 1.29 is 18.3 Å². The molecular weight excluding hydrogens is 426 g/mol. The number of amides is 1. The molecule has 0 saturated heterocycles. The highest BCUT2D eigenvalue weighted by molar-refractivity contribution is 7.62. The molecule has 0 spiro atoms. The van der Waals surface area contributed by atoms with Gasteiger partial charge in [-0.3, -0.25) is 15.1 Å². The number of allylic oxidation sites excluding steroid dienone is 3. The Bertz CT molecular complexity index is 782. The van der Waals surface area contributed by atoms with E-state index in [1.807, 2.05) is 13.8 Å². The summed E-state index contributed by atoms with van der Waals surface area (Å²) in [6.45, 7) is 9.76. The lowest BCUT2D eigenvalue weighted by Gasteiger charge is -2.23. The van der Waals surface area contributed by atoms with Crippen LogP contribution in [0, 0.1) is 5.92 Å². The highest BCUT2D eigenvalue weighted by Gasteiger charge is 2.26. The molecule has 168 valence electrons. The van der Waals surface area contributed by atoms with Crippen LogP contribution >= 0.6 is 16.8 Å². The summed E-state index contributed by atoms with van der Waals surface area (Å²) in [6.07, 6.45) is 6.89. The van der Waals surface area contributed by atoms with Crippen LogP contribution in [-0.4, -0.2) is 49.1 Å². The van der Waals surface area contributed by atoms with Crippen LogP contribution in [0.1, 0.15) is 27.2 Å². The molecule has 2 N–H and O–H groups in total. The van der Waals surface area contributed by atoms with Crippen molar-refractivity contribution in [2.45, 2.75) is 32.6 Å². The number of carbonyl (C=O) groups excluding carboxylic acids is 1. The minimum Gasteiger partial charge on any atom is -0.366 e. The van der Waals surface area contributed by atoms with Crippen molar-refractivity contribution in [2.24, 2.45) is 10.9 Å². The molecule has 0 bridgehead atoms. The largest absolute Gasteiger partial charge is 0.366 e. The lowest BCUT2D eigenvalue weighted by Crippen LogP contribution is -2.29. The Morgan fingerprint density at radius 1 is 1.50 bits per heavy atom. The highest BCUT2D eigenvalue weighted by atomic mass is 31.1. The zero-order valence-electron chi connectivity index (χ0n) is 18.1. The van der Waals surface area contributed by atoms with Crippen LogP contribution in [0.25, 0.3) is 0 Å². The second-order valence-corrected chi connectivity index (χ2v) is 10.5. The summed E-state index contributed by atoms with van der Waals surface area (Å²) in [5, 5.41) is 3.96. The fraction of sp³-hybridized carbons (Fsp3) is 0.476. The first kappa shape index (κ1) is 26.6. The molecule has 1 rings (SSSR count). The van der Waals surface area contributed by atoms with Crippen molar-refractivity contribution >= 4 is 34.0 Å². The number of ether oxygens (including phenoxy) is 1. The van der Waals surface area contributed by atoms with Gasteiger partial charge in [-0.15, -0.1) is 0 Å². The monoisotopic (exact) mass is 459 g/mol. The lowest BCUT2D eigenvalue weighted by atomic mass is 9.95. The predicted molar refractivity (Wildman–Crippen MR) is 129 cm³/mol. The van der Waals surface area contributed by atoms with Crippen molar-refractivity contribution in [3.05, 3.63) is 48.1 Å². The summed E-state index contributed by atoms with van der Waals surface area (Å²) in [6, 6.07) is 0. The first-order valence-corrected chi connectivity index (χ1v) is 12.2. The molecular formula is C21H33F2N3O2P2. The van der Waals surface area contributed by atoms with Gasteiger partial charge in [-0.25, -0.2) is 8.78 Å². The van der Waals surface area contributed by atoms with Crippen LogP contribution in [0.15, 0.2) is 53.1 Å². The van der Waals surface area contributed by atoms with Crippen molar-refractivity contribution in [1.82, 2.24) is 10.6 Å². The smallest absolute Gasteiger partial charge is 0.274 e. The van der Waals surface area contributed by atoms with Crippen molar-refractivity contribution in [1.29, 1.82) is 0 Å². The Morgan fingerprint density at radius 3 is 2.77 bits per heavy atom. The van der Waals surface area contributed by atoms with E-state index in [2.05, 4.69) is 31.4 Å². The number of halogens is 2. The van der Waals surface area contributed by atoms with E-state index in [-0.39, 0.29) is 17.2 Å². The molecule has 0 aromatic heterocycles. The van der Waals surface area contributed by atoms with Crippen LogP contribution in [0.3, 0.4) is 0 Å². The number of alkyl halides is 1. The number of aliphatic imine (C=N–C) groups is 1. The number of carbonyl (C=O) groups is 1. The molecule has 5 nitrogen and oxygen atoms in total. The van der Waals surface area contributed by atoms with Crippen LogP contribution in [-0.2, 0) is 9.53 Å². The summed E-state index contributed by atoms with van der Waals surface area (Å²) in [5.74, 6) is 1.22. The summed E-state index contributed by atoms with van der Waals surface area (Å²) in [7, 11) is 2.34. The first-order valence-electron chi connectivity index (χ1n) is 9.84. The minimum absolute atomic E-state index is 0.0341. The molecule has 0 saturated carbocycles. The molecule has 1 heterocycles. The van der Waals surface area contributed by atoms with E-state index in [9.17, 15) is 13.6 Å². The SMILES string of the molecule is C=C/C(=N\C=C(/C(C)CC)C(C)(F)P)C(=O)NC1=C[PH](CCOCNC)=C(F)C=C1. The molecule has 0 fully saturated rings. The second kappa shape index (κ2) is 13.1. The maximum Gasteiger partial charge on any atom is 0.274 e. The molecule has 0 radical (unpaired) electrons. The van der Waals surface area contributed by atoms with Gasteiger partial charge in [0.05, 0.1) is 13.3 Å². The third-order valence-electron chi connectivity index (χ3n) is 4.54. The summed E-state index contributed by atoms with van der Waals surface area (Å²) >= 11 is 0.